The van der Waals surface area contributed by atoms with Crippen molar-refractivity contribution in [3.63, 3.8) is 0 Å². The second kappa shape index (κ2) is 9.67. The third kappa shape index (κ3) is 4.20. The minimum Gasteiger partial charge on any atom is -0.464 e. The van der Waals surface area contributed by atoms with Crippen LogP contribution in [0.25, 0.3) is 10.2 Å². The summed E-state index contributed by atoms with van der Waals surface area (Å²) in [7, 11) is 4.13. The molecule has 180 valence electrons. The van der Waals surface area contributed by atoms with Gasteiger partial charge < -0.3 is 14.5 Å². The van der Waals surface area contributed by atoms with Gasteiger partial charge in [-0.05, 0) is 78.3 Å². The van der Waals surface area contributed by atoms with Gasteiger partial charge >= 0.3 is 5.13 Å². The van der Waals surface area contributed by atoms with Gasteiger partial charge in [0.2, 0.25) is 0 Å². The van der Waals surface area contributed by atoms with Crippen molar-refractivity contribution in [2.45, 2.75) is 20.8 Å². The molecular weight excluding hydrogens is 507 g/mol. The first kappa shape index (κ1) is 23.9. The normalized spacial score (nSPS) is 24.8. The SMILES string of the molecule is CCN1CO/C(=C2\SCCN2C)S/C1=C1\S/C(=N\c2sc3cc(C)ccc3[n+]2C)N(CC)C1=O. The average molecular weight is 535 g/mol. The van der Waals surface area contributed by atoms with Gasteiger partial charge in [0.15, 0.2) is 11.8 Å². The van der Waals surface area contributed by atoms with Crippen LogP contribution in [0.15, 0.2) is 43.2 Å². The van der Waals surface area contributed by atoms with Crippen LogP contribution < -0.4 is 4.57 Å². The number of benzene rings is 1. The minimum atomic E-state index is 0.0190. The van der Waals surface area contributed by atoms with Crippen LogP contribution in [0.1, 0.15) is 19.4 Å². The van der Waals surface area contributed by atoms with Gasteiger partial charge in [0.1, 0.15) is 20.5 Å². The van der Waals surface area contributed by atoms with Crippen molar-refractivity contribution in [1.82, 2.24) is 14.7 Å². The summed E-state index contributed by atoms with van der Waals surface area (Å²) in [6, 6.07) is 6.44. The summed E-state index contributed by atoms with van der Waals surface area (Å²) in [4.78, 5) is 25.4. The zero-order valence-corrected chi connectivity index (χ0v) is 23.2. The molecule has 0 atom stereocenters. The summed E-state index contributed by atoms with van der Waals surface area (Å²) in [5.74, 6) is 1.08. The van der Waals surface area contributed by atoms with E-state index in [0.29, 0.717) is 13.3 Å². The number of ether oxygens (including phenoxy) is 1. The molecule has 7 nitrogen and oxygen atoms in total. The lowest BCUT2D eigenvalue weighted by atomic mass is 10.2. The number of fused-ring (bicyclic) bond motifs is 1. The molecule has 0 radical (unpaired) electrons. The Kier molecular flexibility index (Phi) is 6.80. The average Bonchev–Trinajstić information content (AvgIpc) is 3.48. The molecule has 3 saturated heterocycles. The molecule has 1 amide bonds. The van der Waals surface area contributed by atoms with Crippen molar-refractivity contribution in [1.29, 1.82) is 0 Å². The topological polar surface area (TPSA) is 52.3 Å². The van der Waals surface area contributed by atoms with E-state index in [2.05, 4.69) is 53.5 Å². The first-order valence-electron chi connectivity index (χ1n) is 11.3. The molecule has 3 fully saturated rings. The van der Waals surface area contributed by atoms with Crippen LogP contribution in [0.5, 0.6) is 0 Å². The van der Waals surface area contributed by atoms with Gasteiger partial charge in [0, 0.05) is 32.4 Å². The van der Waals surface area contributed by atoms with Gasteiger partial charge in [0.05, 0.1) is 11.7 Å². The Morgan fingerprint density at radius 1 is 1.18 bits per heavy atom. The van der Waals surface area contributed by atoms with Crippen molar-refractivity contribution in [2.75, 3.05) is 39.2 Å². The maximum Gasteiger partial charge on any atom is 0.385 e. The Balaban J connectivity index is 1.54. The molecule has 3 aliphatic heterocycles. The van der Waals surface area contributed by atoms with Crippen LogP contribution in [0.4, 0.5) is 5.13 Å². The predicted octanol–water partition coefficient (Wildman–Crippen LogP) is 4.63. The van der Waals surface area contributed by atoms with E-state index in [-0.39, 0.29) is 5.91 Å². The van der Waals surface area contributed by atoms with Crippen molar-refractivity contribution in [2.24, 2.45) is 12.0 Å². The zero-order chi connectivity index (χ0) is 24.0. The second-order valence-corrected chi connectivity index (χ2v) is 12.2. The number of carbonyl (C=O) groups is 1. The molecule has 5 rings (SSSR count). The maximum atomic E-state index is 13.5. The van der Waals surface area contributed by atoms with Crippen LogP contribution in [0, 0.1) is 6.92 Å². The van der Waals surface area contributed by atoms with Crippen molar-refractivity contribution >= 4 is 73.0 Å². The molecule has 0 aliphatic carbocycles. The van der Waals surface area contributed by atoms with E-state index in [9.17, 15) is 4.79 Å². The van der Waals surface area contributed by atoms with Crippen LogP contribution >= 0.6 is 46.6 Å². The van der Waals surface area contributed by atoms with Crippen molar-refractivity contribution < 1.29 is 14.1 Å². The molecule has 11 heteroatoms. The molecule has 3 aliphatic rings. The number of thiazole rings is 1. The van der Waals surface area contributed by atoms with E-state index in [1.165, 1.54) is 22.0 Å². The van der Waals surface area contributed by atoms with Crippen molar-refractivity contribution in [3.8, 4) is 0 Å². The zero-order valence-electron chi connectivity index (χ0n) is 20.0. The fourth-order valence-corrected chi connectivity index (χ4v) is 8.79. The van der Waals surface area contributed by atoms with Gasteiger partial charge in [-0.2, -0.15) is 0 Å². The van der Waals surface area contributed by atoms with E-state index in [4.69, 9.17) is 9.73 Å². The lowest BCUT2D eigenvalue weighted by Crippen LogP contribution is -2.33. The number of likely N-dealkylation sites (N-methyl/N-ethyl adjacent to an activating group) is 1. The number of thioether (sulfide) groups is 3. The highest BCUT2D eigenvalue weighted by molar-refractivity contribution is 8.19. The quantitative estimate of drug-likeness (QED) is 0.420. The Morgan fingerprint density at radius 3 is 2.71 bits per heavy atom. The Hall–Kier alpha value is -1.82. The van der Waals surface area contributed by atoms with Crippen LogP contribution in [0.3, 0.4) is 0 Å². The second-order valence-electron chi connectivity index (χ2n) is 8.19. The number of nitrogens with zero attached hydrogens (tertiary/aromatic N) is 5. The van der Waals surface area contributed by atoms with E-state index < -0.39 is 0 Å². The van der Waals surface area contributed by atoms with Crippen LogP contribution in [-0.4, -0.2) is 64.9 Å². The fraction of sp³-hybridized carbons (Fsp3) is 0.435. The van der Waals surface area contributed by atoms with E-state index in [1.807, 2.05) is 25.7 Å². The smallest absolute Gasteiger partial charge is 0.385 e. The number of hydrogen-bond acceptors (Lipinski definition) is 9. The number of amides is 1. The number of amidine groups is 1. The standard InChI is InChI=1S/C23H28N5O2S4/c1-6-27-13-30-21(20-25(4)10-11-31-20)34-19(27)17-18(29)28(7-2)23(33-17)24-22-26(5)15-9-8-14(3)12-16(15)32-22/h8-9,12H,6-7,10-11,13H2,1-5H3/q+1/b19-17-,21-20+. The summed E-state index contributed by atoms with van der Waals surface area (Å²) >= 11 is 6.52. The predicted molar refractivity (Wildman–Crippen MR) is 145 cm³/mol. The van der Waals surface area contributed by atoms with Crippen LogP contribution in [-0.2, 0) is 16.6 Å². The molecule has 0 bridgehead atoms. The van der Waals surface area contributed by atoms with Crippen LogP contribution in [0.2, 0.25) is 0 Å². The summed E-state index contributed by atoms with van der Waals surface area (Å²) < 4.78 is 9.40. The summed E-state index contributed by atoms with van der Waals surface area (Å²) in [5, 5.41) is 4.64. The highest BCUT2D eigenvalue weighted by atomic mass is 32.2. The number of aromatic nitrogens is 1. The summed E-state index contributed by atoms with van der Waals surface area (Å²) in [6.45, 7) is 9.01. The number of hydrogen-bond donors (Lipinski definition) is 0. The molecule has 34 heavy (non-hydrogen) atoms. The van der Waals surface area contributed by atoms with E-state index in [1.54, 1.807) is 28.0 Å². The maximum absolute atomic E-state index is 13.5. The van der Waals surface area contributed by atoms with Gasteiger partial charge in [-0.15, -0.1) is 11.8 Å². The number of carbonyl (C=O) groups excluding carboxylic acids is 1. The summed E-state index contributed by atoms with van der Waals surface area (Å²) in [5.41, 5.74) is 2.38. The van der Waals surface area contributed by atoms with E-state index >= 15 is 0 Å². The molecule has 1 aromatic carbocycles. The number of aryl methyl sites for hydroxylation is 2. The molecule has 0 N–H and O–H groups in total. The fourth-order valence-electron chi connectivity index (χ4n) is 3.94. The van der Waals surface area contributed by atoms with Gasteiger partial charge in [-0.3, -0.25) is 9.69 Å². The molecular formula is C23H28N5O2S4+. The van der Waals surface area contributed by atoms with Gasteiger partial charge in [-0.25, -0.2) is 4.57 Å². The number of rotatable bonds is 3. The first-order valence-corrected chi connectivity index (χ1v) is 14.7. The number of aliphatic imine (C=N–C) groups is 1. The Morgan fingerprint density at radius 2 is 2.00 bits per heavy atom. The lowest BCUT2D eigenvalue weighted by molar-refractivity contribution is -0.627. The molecule has 4 heterocycles. The molecule has 0 saturated carbocycles. The third-order valence-electron chi connectivity index (χ3n) is 5.93. The Labute approximate surface area is 216 Å². The highest BCUT2D eigenvalue weighted by Crippen LogP contribution is 2.47. The van der Waals surface area contributed by atoms with Gasteiger partial charge in [0.25, 0.3) is 11.1 Å². The first-order chi connectivity index (χ1) is 16.4. The van der Waals surface area contributed by atoms with E-state index in [0.717, 1.165) is 54.7 Å². The molecule has 1 aromatic heterocycles. The molecule has 2 aromatic rings. The minimum absolute atomic E-state index is 0.0190. The van der Waals surface area contributed by atoms with Gasteiger partial charge in [-0.1, -0.05) is 6.07 Å². The largest absolute Gasteiger partial charge is 0.464 e. The summed E-state index contributed by atoms with van der Waals surface area (Å²) in [6.07, 6.45) is 0. The molecule has 0 spiro atoms. The highest BCUT2D eigenvalue weighted by Gasteiger charge is 2.41. The monoisotopic (exact) mass is 534 g/mol. The Bertz CT molecular complexity index is 1250. The lowest BCUT2D eigenvalue weighted by Gasteiger charge is -2.33. The third-order valence-corrected chi connectivity index (χ3v) is 10.7. The molecule has 0 unspecified atom stereocenters. The van der Waals surface area contributed by atoms with Crippen molar-refractivity contribution in [3.05, 3.63) is 43.8 Å².